The van der Waals surface area contributed by atoms with Gasteiger partial charge < -0.3 is 5.11 Å². The first-order chi connectivity index (χ1) is 6.11. The van der Waals surface area contributed by atoms with E-state index in [4.69, 9.17) is 5.11 Å². The topological polar surface area (TPSA) is 20.2 Å². The van der Waals surface area contributed by atoms with Gasteiger partial charge in [-0.15, -0.1) is 0 Å². The smallest absolute Gasteiger partial charge is 0.0456 e. The molecule has 0 saturated carbocycles. The van der Waals surface area contributed by atoms with Crippen LogP contribution >= 0.6 is 0 Å². The first-order valence-corrected chi connectivity index (χ1v) is 5.37. The van der Waals surface area contributed by atoms with Gasteiger partial charge in [-0.1, -0.05) is 25.0 Å². The molecule has 0 aliphatic rings. The third-order valence-corrected chi connectivity index (χ3v) is 2.62. The van der Waals surface area contributed by atoms with Crippen LogP contribution in [-0.4, -0.2) is 11.7 Å². The predicted molar refractivity (Wildman–Crippen MR) is 58.8 cm³/mol. The number of rotatable bonds is 6. The largest absolute Gasteiger partial charge is 0.396 e. The fourth-order valence-corrected chi connectivity index (χ4v) is 1.54. The second-order valence-electron chi connectivity index (χ2n) is 4.14. The second kappa shape index (κ2) is 7.14. The molecule has 1 heteroatoms. The van der Waals surface area contributed by atoms with Gasteiger partial charge in [-0.05, 0) is 45.4 Å². The molecule has 0 aromatic carbocycles. The molecule has 1 N–H and O–H groups in total. The van der Waals surface area contributed by atoms with Gasteiger partial charge in [0.2, 0.25) is 0 Å². The van der Waals surface area contributed by atoms with E-state index >= 15 is 0 Å². The van der Waals surface area contributed by atoms with Gasteiger partial charge in [0.15, 0.2) is 0 Å². The van der Waals surface area contributed by atoms with E-state index in [9.17, 15) is 0 Å². The third-order valence-electron chi connectivity index (χ3n) is 2.62. The molecule has 0 rings (SSSR count). The Labute approximate surface area is 82.9 Å². The zero-order chi connectivity index (χ0) is 10.3. The second-order valence-corrected chi connectivity index (χ2v) is 4.14. The third kappa shape index (κ3) is 5.87. The summed E-state index contributed by atoms with van der Waals surface area (Å²) in [5.74, 6) is 0.468. The summed E-state index contributed by atoms with van der Waals surface area (Å²) in [5, 5.41) is 8.85. The van der Waals surface area contributed by atoms with Gasteiger partial charge in [-0.25, -0.2) is 0 Å². The molecule has 0 aromatic heterocycles. The van der Waals surface area contributed by atoms with E-state index in [0.29, 0.717) is 12.5 Å². The Morgan fingerprint density at radius 1 is 1.31 bits per heavy atom. The van der Waals surface area contributed by atoms with E-state index in [1.54, 1.807) is 5.57 Å². The molecule has 0 radical (unpaired) electrons. The van der Waals surface area contributed by atoms with Crippen molar-refractivity contribution in [1.82, 2.24) is 0 Å². The average molecular weight is 184 g/mol. The summed E-state index contributed by atoms with van der Waals surface area (Å²) in [6, 6.07) is 0. The van der Waals surface area contributed by atoms with Crippen LogP contribution in [0, 0.1) is 5.92 Å². The Morgan fingerprint density at radius 2 is 1.92 bits per heavy atom. The Morgan fingerprint density at radius 3 is 2.31 bits per heavy atom. The molecule has 0 saturated heterocycles. The molecule has 0 bridgehead atoms. The van der Waals surface area contributed by atoms with Crippen LogP contribution in [0.25, 0.3) is 0 Å². The van der Waals surface area contributed by atoms with E-state index in [-0.39, 0.29) is 0 Å². The number of aliphatic hydroxyl groups excluding tert-OH is 1. The molecular weight excluding hydrogens is 160 g/mol. The Hall–Kier alpha value is -0.300. The highest BCUT2D eigenvalue weighted by Gasteiger charge is 2.01. The van der Waals surface area contributed by atoms with Gasteiger partial charge in [0.05, 0.1) is 0 Å². The van der Waals surface area contributed by atoms with Crippen LogP contribution in [0.1, 0.15) is 53.4 Å². The van der Waals surface area contributed by atoms with Gasteiger partial charge in [0, 0.05) is 6.61 Å². The minimum atomic E-state index is 0.330. The summed E-state index contributed by atoms with van der Waals surface area (Å²) >= 11 is 0. The fourth-order valence-electron chi connectivity index (χ4n) is 1.54. The zero-order valence-corrected chi connectivity index (χ0v) is 9.56. The molecule has 78 valence electrons. The average Bonchev–Trinajstić information content (AvgIpc) is 2.11. The van der Waals surface area contributed by atoms with Crippen LogP contribution in [0.5, 0.6) is 0 Å². The SMILES string of the molecule is CCC(CCCC(C)CO)=C(C)C. The van der Waals surface area contributed by atoms with Crippen molar-refractivity contribution in [3.8, 4) is 0 Å². The Balaban J connectivity index is 3.69. The molecule has 0 spiro atoms. The van der Waals surface area contributed by atoms with E-state index in [1.807, 2.05) is 0 Å². The molecule has 0 aromatic rings. The predicted octanol–water partition coefficient (Wildman–Crippen LogP) is 3.53. The van der Waals surface area contributed by atoms with Crippen molar-refractivity contribution in [3.05, 3.63) is 11.1 Å². The van der Waals surface area contributed by atoms with Crippen LogP contribution < -0.4 is 0 Å². The van der Waals surface area contributed by atoms with Gasteiger partial charge in [-0.2, -0.15) is 0 Å². The van der Waals surface area contributed by atoms with Crippen molar-refractivity contribution in [2.45, 2.75) is 53.4 Å². The lowest BCUT2D eigenvalue weighted by Gasteiger charge is -2.10. The van der Waals surface area contributed by atoms with Crippen LogP contribution in [0.2, 0.25) is 0 Å². The first kappa shape index (κ1) is 12.7. The van der Waals surface area contributed by atoms with Crippen LogP contribution in [0.3, 0.4) is 0 Å². The monoisotopic (exact) mass is 184 g/mol. The van der Waals surface area contributed by atoms with Crippen LogP contribution in [0.4, 0.5) is 0 Å². The van der Waals surface area contributed by atoms with Crippen molar-refractivity contribution in [2.24, 2.45) is 5.92 Å². The molecule has 13 heavy (non-hydrogen) atoms. The van der Waals surface area contributed by atoms with Crippen molar-refractivity contribution >= 4 is 0 Å². The number of aliphatic hydroxyl groups is 1. The molecular formula is C12H24O. The van der Waals surface area contributed by atoms with Gasteiger partial charge in [-0.3, -0.25) is 0 Å². The van der Waals surface area contributed by atoms with E-state index < -0.39 is 0 Å². The zero-order valence-electron chi connectivity index (χ0n) is 9.56. The number of hydrogen-bond acceptors (Lipinski definition) is 1. The summed E-state index contributed by atoms with van der Waals surface area (Å²) in [5.41, 5.74) is 3.06. The van der Waals surface area contributed by atoms with E-state index in [0.717, 1.165) is 6.42 Å². The van der Waals surface area contributed by atoms with Crippen molar-refractivity contribution in [2.75, 3.05) is 6.61 Å². The lowest BCUT2D eigenvalue weighted by Crippen LogP contribution is -2.00. The van der Waals surface area contributed by atoms with Gasteiger partial charge >= 0.3 is 0 Å². The maximum atomic E-state index is 8.85. The summed E-state index contributed by atoms with van der Waals surface area (Å²) < 4.78 is 0. The summed E-state index contributed by atoms with van der Waals surface area (Å²) in [6.45, 7) is 9.03. The molecule has 1 unspecified atom stereocenters. The highest BCUT2D eigenvalue weighted by Crippen LogP contribution is 2.17. The fraction of sp³-hybridized carbons (Fsp3) is 0.833. The summed E-state index contributed by atoms with van der Waals surface area (Å²) in [4.78, 5) is 0. The lowest BCUT2D eigenvalue weighted by atomic mass is 9.98. The normalized spacial score (nSPS) is 12.7. The highest BCUT2D eigenvalue weighted by molar-refractivity contribution is 5.08. The highest BCUT2D eigenvalue weighted by atomic mass is 16.3. The van der Waals surface area contributed by atoms with Crippen molar-refractivity contribution in [1.29, 1.82) is 0 Å². The Bertz CT molecular complexity index is 155. The molecule has 1 nitrogen and oxygen atoms in total. The quantitative estimate of drug-likeness (QED) is 0.626. The molecule has 0 aliphatic heterocycles. The summed E-state index contributed by atoms with van der Waals surface area (Å²) in [6.07, 6.45) is 4.75. The molecule has 0 aliphatic carbocycles. The maximum Gasteiger partial charge on any atom is 0.0456 e. The molecule has 0 heterocycles. The standard InChI is InChI=1S/C12H24O/c1-5-12(10(2)3)8-6-7-11(4)9-13/h11,13H,5-9H2,1-4H3. The summed E-state index contributed by atoms with van der Waals surface area (Å²) in [7, 11) is 0. The molecule has 0 amide bonds. The maximum absolute atomic E-state index is 8.85. The number of hydrogen-bond donors (Lipinski definition) is 1. The molecule has 0 fully saturated rings. The Kier molecular flexibility index (Phi) is 6.97. The molecule has 1 atom stereocenters. The van der Waals surface area contributed by atoms with Gasteiger partial charge in [0.1, 0.15) is 0 Å². The van der Waals surface area contributed by atoms with Crippen molar-refractivity contribution < 1.29 is 5.11 Å². The lowest BCUT2D eigenvalue weighted by molar-refractivity contribution is 0.228. The van der Waals surface area contributed by atoms with E-state index in [1.165, 1.54) is 24.8 Å². The minimum absolute atomic E-state index is 0.330. The van der Waals surface area contributed by atoms with Gasteiger partial charge in [0.25, 0.3) is 0 Å². The van der Waals surface area contributed by atoms with Crippen LogP contribution in [-0.2, 0) is 0 Å². The first-order valence-electron chi connectivity index (χ1n) is 5.37. The minimum Gasteiger partial charge on any atom is -0.396 e. The van der Waals surface area contributed by atoms with Crippen molar-refractivity contribution in [3.63, 3.8) is 0 Å². The van der Waals surface area contributed by atoms with Crippen LogP contribution in [0.15, 0.2) is 11.1 Å². The van der Waals surface area contributed by atoms with E-state index in [2.05, 4.69) is 27.7 Å². The number of allylic oxidation sites excluding steroid dienone is 2.